The summed E-state index contributed by atoms with van der Waals surface area (Å²) in [4.78, 5) is 19.8. The average molecular weight is 266 g/mol. The molecule has 0 unspecified atom stereocenters. The van der Waals surface area contributed by atoms with Crippen LogP contribution in [0.1, 0.15) is 21.5 Å². The molecule has 2 heterocycles. The molecule has 2 N–H and O–H groups in total. The predicted octanol–water partition coefficient (Wildman–Crippen LogP) is 1.84. The molecule has 0 atom stereocenters. The van der Waals surface area contributed by atoms with E-state index in [1.54, 1.807) is 6.07 Å². The van der Waals surface area contributed by atoms with Gasteiger partial charge in [-0.1, -0.05) is 12.1 Å². The van der Waals surface area contributed by atoms with Crippen molar-refractivity contribution in [2.24, 2.45) is 5.73 Å². The molecule has 0 saturated heterocycles. The molecule has 0 fully saturated rings. The lowest BCUT2D eigenvalue weighted by Crippen LogP contribution is -2.16. The number of hydrogen-bond donors (Lipinski definition) is 1. The van der Waals surface area contributed by atoms with Crippen LogP contribution in [-0.2, 0) is 6.54 Å². The van der Waals surface area contributed by atoms with Crippen LogP contribution in [0.3, 0.4) is 0 Å². The number of fused-ring (bicyclic) bond motifs is 1. The molecule has 1 aromatic carbocycles. The summed E-state index contributed by atoms with van der Waals surface area (Å²) in [6.45, 7) is 2.55. The Kier molecular flexibility index (Phi) is 2.95. The molecule has 3 rings (SSSR count). The van der Waals surface area contributed by atoms with Crippen LogP contribution in [0.4, 0.5) is 0 Å². The highest BCUT2D eigenvalue weighted by molar-refractivity contribution is 5.94. The molecular formula is C15H14N4O. The number of aromatic nitrogens is 3. The number of rotatable bonds is 3. The predicted molar refractivity (Wildman–Crippen MR) is 75.4 cm³/mol. The molecule has 0 aromatic heterocycles. The lowest BCUT2D eigenvalue weighted by molar-refractivity contribution is 0.0999. The number of imidazole rings is 1. The second-order valence-corrected chi connectivity index (χ2v) is 4.73. The first-order valence-corrected chi connectivity index (χ1v) is 6.30. The minimum absolute atomic E-state index is 0.404. The summed E-state index contributed by atoms with van der Waals surface area (Å²) < 4.78 is 1.98. The van der Waals surface area contributed by atoms with E-state index >= 15 is 0 Å². The van der Waals surface area contributed by atoms with E-state index in [2.05, 4.69) is 9.97 Å². The number of carbonyl (C=O) groups excluding carboxylic acids is 1. The van der Waals surface area contributed by atoms with Gasteiger partial charge in [-0.15, -0.1) is 0 Å². The molecule has 20 heavy (non-hydrogen) atoms. The SMILES string of the molecule is Cc1cccc(C(N)=O)c1Cn1ccc2ncnc-2c1. The molecule has 0 radical (unpaired) electrons. The molecule has 0 spiro atoms. The van der Waals surface area contributed by atoms with Crippen molar-refractivity contribution in [2.75, 3.05) is 0 Å². The van der Waals surface area contributed by atoms with Gasteiger partial charge in [0.15, 0.2) is 0 Å². The highest BCUT2D eigenvalue weighted by Gasteiger charge is 2.12. The summed E-state index contributed by atoms with van der Waals surface area (Å²) in [6, 6.07) is 7.48. The van der Waals surface area contributed by atoms with Crippen molar-refractivity contribution < 1.29 is 4.79 Å². The normalized spacial score (nSPS) is 10.8. The molecular weight excluding hydrogens is 252 g/mol. The first kappa shape index (κ1) is 12.3. The van der Waals surface area contributed by atoms with Crippen molar-refractivity contribution in [3.05, 3.63) is 59.7 Å². The number of primary amides is 1. The topological polar surface area (TPSA) is 73.8 Å². The molecule has 1 aromatic rings. The monoisotopic (exact) mass is 266 g/mol. The van der Waals surface area contributed by atoms with Gasteiger partial charge in [0.25, 0.3) is 0 Å². The van der Waals surface area contributed by atoms with Crippen LogP contribution < -0.4 is 5.73 Å². The minimum Gasteiger partial charge on any atom is -0.366 e. The Hall–Kier alpha value is -2.69. The highest BCUT2D eigenvalue weighted by Crippen LogP contribution is 2.19. The summed E-state index contributed by atoms with van der Waals surface area (Å²) >= 11 is 0. The van der Waals surface area contributed by atoms with E-state index < -0.39 is 5.91 Å². The maximum atomic E-state index is 11.5. The van der Waals surface area contributed by atoms with E-state index in [9.17, 15) is 4.79 Å². The van der Waals surface area contributed by atoms with Gasteiger partial charge in [0, 0.05) is 24.5 Å². The fraction of sp³-hybridized carbons (Fsp3) is 0.133. The lowest BCUT2D eigenvalue weighted by atomic mass is 10.0. The maximum absolute atomic E-state index is 11.5. The van der Waals surface area contributed by atoms with Gasteiger partial charge in [0.1, 0.15) is 12.0 Å². The Labute approximate surface area is 116 Å². The zero-order chi connectivity index (χ0) is 14.1. The van der Waals surface area contributed by atoms with E-state index in [0.29, 0.717) is 12.1 Å². The van der Waals surface area contributed by atoms with Crippen molar-refractivity contribution in [1.29, 1.82) is 0 Å². The van der Waals surface area contributed by atoms with Crippen LogP contribution >= 0.6 is 0 Å². The van der Waals surface area contributed by atoms with Crippen molar-refractivity contribution in [3.8, 4) is 11.4 Å². The molecule has 5 nitrogen and oxygen atoms in total. The molecule has 0 bridgehead atoms. The van der Waals surface area contributed by atoms with Gasteiger partial charge in [-0.3, -0.25) is 4.79 Å². The Bertz CT molecular complexity index is 747. The number of nitrogens with zero attached hydrogens (tertiary/aromatic N) is 3. The van der Waals surface area contributed by atoms with Gasteiger partial charge >= 0.3 is 0 Å². The van der Waals surface area contributed by atoms with Gasteiger partial charge < -0.3 is 10.3 Å². The third-order valence-corrected chi connectivity index (χ3v) is 3.38. The number of aryl methyl sites for hydroxylation is 1. The minimum atomic E-state index is -0.404. The third-order valence-electron chi connectivity index (χ3n) is 3.38. The quantitative estimate of drug-likeness (QED) is 0.786. The molecule has 2 aliphatic rings. The molecule has 2 aliphatic heterocycles. The second kappa shape index (κ2) is 4.77. The molecule has 0 aliphatic carbocycles. The fourth-order valence-corrected chi connectivity index (χ4v) is 2.30. The maximum Gasteiger partial charge on any atom is 0.249 e. The zero-order valence-corrected chi connectivity index (χ0v) is 11.1. The second-order valence-electron chi connectivity index (χ2n) is 4.73. The number of benzene rings is 1. The molecule has 100 valence electrons. The van der Waals surface area contributed by atoms with Crippen LogP contribution in [0.2, 0.25) is 0 Å². The van der Waals surface area contributed by atoms with Gasteiger partial charge in [-0.25, -0.2) is 9.97 Å². The largest absolute Gasteiger partial charge is 0.366 e. The Morgan fingerprint density at radius 3 is 2.85 bits per heavy atom. The number of carbonyl (C=O) groups is 1. The summed E-state index contributed by atoms with van der Waals surface area (Å²) in [5.41, 5.74) is 9.68. The number of pyridine rings is 1. The summed E-state index contributed by atoms with van der Waals surface area (Å²) in [5.74, 6) is -0.404. The number of amides is 1. The molecule has 0 saturated carbocycles. The Balaban J connectivity index is 2.03. The lowest BCUT2D eigenvalue weighted by Gasteiger charge is -2.13. The van der Waals surface area contributed by atoms with Crippen LogP contribution in [0.5, 0.6) is 0 Å². The summed E-state index contributed by atoms with van der Waals surface area (Å²) in [7, 11) is 0. The van der Waals surface area contributed by atoms with E-state index in [1.807, 2.05) is 42.1 Å². The van der Waals surface area contributed by atoms with E-state index in [-0.39, 0.29) is 0 Å². The van der Waals surface area contributed by atoms with Crippen LogP contribution in [0.15, 0.2) is 43.0 Å². The van der Waals surface area contributed by atoms with Crippen molar-refractivity contribution >= 4 is 5.91 Å². The molecule has 5 heteroatoms. The Morgan fingerprint density at radius 2 is 2.05 bits per heavy atom. The summed E-state index contributed by atoms with van der Waals surface area (Å²) in [5, 5.41) is 0. The number of nitrogens with two attached hydrogens (primary N) is 1. The van der Waals surface area contributed by atoms with Crippen molar-refractivity contribution in [3.63, 3.8) is 0 Å². The first-order chi connectivity index (χ1) is 9.65. The van der Waals surface area contributed by atoms with E-state index in [0.717, 1.165) is 22.5 Å². The molecule has 1 amide bonds. The van der Waals surface area contributed by atoms with Crippen molar-refractivity contribution in [2.45, 2.75) is 13.5 Å². The van der Waals surface area contributed by atoms with E-state index in [1.165, 1.54) is 6.33 Å². The zero-order valence-electron chi connectivity index (χ0n) is 11.1. The fourth-order valence-electron chi connectivity index (χ4n) is 2.30. The third kappa shape index (κ3) is 2.14. The standard InChI is InChI=1S/C15H14N4O/c1-10-3-2-4-11(15(16)20)12(10)7-19-6-5-13-14(8-19)18-9-17-13/h2-6,8-9H,7H2,1H3,(H2,16,20). The van der Waals surface area contributed by atoms with Crippen molar-refractivity contribution in [1.82, 2.24) is 14.5 Å². The van der Waals surface area contributed by atoms with Gasteiger partial charge in [0.2, 0.25) is 5.91 Å². The average Bonchev–Trinajstić information content (AvgIpc) is 2.88. The Morgan fingerprint density at radius 1 is 1.25 bits per heavy atom. The van der Waals surface area contributed by atoms with Crippen LogP contribution in [0.25, 0.3) is 11.4 Å². The van der Waals surface area contributed by atoms with Crippen LogP contribution in [-0.4, -0.2) is 20.4 Å². The summed E-state index contributed by atoms with van der Waals surface area (Å²) in [6.07, 6.45) is 5.38. The smallest absolute Gasteiger partial charge is 0.249 e. The van der Waals surface area contributed by atoms with Gasteiger partial charge in [-0.05, 0) is 30.2 Å². The van der Waals surface area contributed by atoms with Gasteiger partial charge in [0.05, 0.1) is 5.69 Å². The van der Waals surface area contributed by atoms with E-state index in [4.69, 9.17) is 5.73 Å². The number of hydrogen-bond acceptors (Lipinski definition) is 3. The van der Waals surface area contributed by atoms with Gasteiger partial charge in [-0.2, -0.15) is 0 Å². The highest BCUT2D eigenvalue weighted by atomic mass is 16.1. The van der Waals surface area contributed by atoms with Crippen LogP contribution in [0, 0.1) is 6.92 Å². The first-order valence-electron chi connectivity index (χ1n) is 6.30.